The lowest BCUT2D eigenvalue weighted by molar-refractivity contribution is 0.102. The second-order valence-electron chi connectivity index (χ2n) is 5.40. The maximum Gasteiger partial charge on any atom is 0.259 e. The second-order valence-corrected chi connectivity index (χ2v) is 5.40. The largest absolute Gasteiger partial charge is 0.320 e. The third kappa shape index (κ3) is 2.63. The molecule has 0 fully saturated rings. The fraction of sp³-hybridized carbons (Fsp3) is 0. The van der Waals surface area contributed by atoms with Crippen molar-refractivity contribution in [2.45, 2.75) is 0 Å². The van der Waals surface area contributed by atoms with Crippen LogP contribution in [0.4, 0.5) is 5.69 Å². The molecule has 0 radical (unpaired) electrons. The fourth-order valence-corrected chi connectivity index (χ4v) is 2.62. The van der Waals surface area contributed by atoms with Crippen LogP contribution in [0.25, 0.3) is 22.2 Å². The van der Waals surface area contributed by atoms with Gasteiger partial charge in [0.1, 0.15) is 0 Å². The van der Waals surface area contributed by atoms with Gasteiger partial charge in [0.2, 0.25) is 0 Å². The lowest BCUT2D eigenvalue weighted by Crippen LogP contribution is -2.12. The van der Waals surface area contributed by atoms with Gasteiger partial charge in [-0.15, -0.1) is 0 Å². The molecule has 5 heteroatoms. The molecule has 0 bridgehead atoms. The molecule has 2 heterocycles. The molecule has 2 N–H and O–H groups in total. The van der Waals surface area contributed by atoms with Crippen molar-refractivity contribution < 1.29 is 4.79 Å². The van der Waals surface area contributed by atoms with Crippen LogP contribution >= 0.6 is 0 Å². The molecule has 2 aromatic heterocycles. The van der Waals surface area contributed by atoms with E-state index < -0.39 is 0 Å². The SMILES string of the molecule is O=C(Nc1cnc2ccccc2c1)c1cn[nH]c1-c1ccccc1. The zero-order valence-corrected chi connectivity index (χ0v) is 12.7. The van der Waals surface area contributed by atoms with Gasteiger partial charge in [-0.2, -0.15) is 5.10 Å². The molecular formula is C19H14N4O. The number of hydrogen-bond donors (Lipinski definition) is 2. The van der Waals surface area contributed by atoms with Crippen LogP contribution in [0.5, 0.6) is 0 Å². The highest BCUT2D eigenvalue weighted by Crippen LogP contribution is 2.22. The van der Waals surface area contributed by atoms with Crippen molar-refractivity contribution in [3.8, 4) is 11.3 Å². The number of rotatable bonds is 3. The van der Waals surface area contributed by atoms with E-state index >= 15 is 0 Å². The molecule has 0 atom stereocenters. The topological polar surface area (TPSA) is 70.7 Å². The number of anilines is 1. The normalized spacial score (nSPS) is 10.7. The van der Waals surface area contributed by atoms with E-state index in [1.807, 2.05) is 60.7 Å². The van der Waals surface area contributed by atoms with Gasteiger partial charge in [-0.25, -0.2) is 0 Å². The van der Waals surface area contributed by atoms with E-state index in [0.29, 0.717) is 16.9 Å². The van der Waals surface area contributed by atoms with Gasteiger partial charge in [0.05, 0.1) is 34.9 Å². The third-order valence-electron chi connectivity index (χ3n) is 3.79. The Bertz CT molecular complexity index is 1010. The van der Waals surface area contributed by atoms with Crippen molar-refractivity contribution in [2.75, 3.05) is 5.32 Å². The molecule has 4 aromatic rings. The van der Waals surface area contributed by atoms with Gasteiger partial charge < -0.3 is 5.32 Å². The first kappa shape index (κ1) is 14.1. The number of hydrogen-bond acceptors (Lipinski definition) is 3. The Morgan fingerprint density at radius 3 is 2.62 bits per heavy atom. The van der Waals surface area contributed by atoms with Gasteiger partial charge in [-0.05, 0) is 12.1 Å². The predicted octanol–water partition coefficient (Wildman–Crippen LogP) is 3.88. The summed E-state index contributed by atoms with van der Waals surface area (Å²) >= 11 is 0. The zero-order chi connectivity index (χ0) is 16.4. The van der Waals surface area contributed by atoms with Crippen molar-refractivity contribution in [1.29, 1.82) is 0 Å². The highest BCUT2D eigenvalue weighted by Gasteiger charge is 2.15. The lowest BCUT2D eigenvalue weighted by atomic mass is 10.1. The average molecular weight is 314 g/mol. The molecule has 0 unspecified atom stereocenters. The van der Waals surface area contributed by atoms with Gasteiger partial charge >= 0.3 is 0 Å². The first-order valence-corrected chi connectivity index (χ1v) is 7.56. The van der Waals surface area contributed by atoms with E-state index in [1.165, 1.54) is 6.20 Å². The summed E-state index contributed by atoms with van der Waals surface area (Å²) in [4.78, 5) is 17.0. The highest BCUT2D eigenvalue weighted by atomic mass is 16.1. The van der Waals surface area contributed by atoms with Crippen molar-refractivity contribution in [3.05, 3.63) is 78.6 Å². The monoisotopic (exact) mass is 314 g/mol. The molecule has 0 aliphatic heterocycles. The van der Waals surface area contributed by atoms with Gasteiger partial charge in [-0.3, -0.25) is 14.9 Å². The summed E-state index contributed by atoms with van der Waals surface area (Å²) in [6, 6.07) is 19.3. The van der Waals surface area contributed by atoms with E-state index in [1.54, 1.807) is 6.20 Å². The maximum absolute atomic E-state index is 12.6. The number of nitrogens with one attached hydrogen (secondary N) is 2. The number of benzene rings is 2. The summed E-state index contributed by atoms with van der Waals surface area (Å²) in [6.45, 7) is 0. The predicted molar refractivity (Wildman–Crippen MR) is 93.7 cm³/mol. The van der Waals surface area contributed by atoms with Crippen molar-refractivity contribution in [1.82, 2.24) is 15.2 Å². The lowest BCUT2D eigenvalue weighted by Gasteiger charge is -2.07. The number of carbonyl (C=O) groups is 1. The smallest absolute Gasteiger partial charge is 0.259 e. The van der Waals surface area contributed by atoms with Crippen molar-refractivity contribution >= 4 is 22.5 Å². The third-order valence-corrected chi connectivity index (χ3v) is 3.79. The minimum atomic E-state index is -0.223. The second kappa shape index (κ2) is 5.96. The molecule has 0 aliphatic rings. The van der Waals surface area contributed by atoms with E-state index in [-0.39, 0.29) is 5.91 Å². The number of para-hydroxylation sites is 1. The highest BCUT2D eigenvalue weighted by molar-refractivity contribution is 6.08. The van der Waals surface area contributed by atoms with Crippen LogP contribution in [-0.2, 0) is 0 Å². The number of aromatic nitrogens is 3. The Kier molecular flexibility index (Phi) is 3.51. The molecule has 0 saturated heterocycles. The summed E-state index contributed by atoms with van der Waals surface area (Å²) in [5.41, 5.74) is 3.65. The van der Waals surface area contributed by atoms with Crippen LogP contribution in [-0.4, -0.2) is 21.1 Å². The van der Waals surface area contributed by atoms with Gasteiger partial charge in [0.25, 0.3) is 5.91 Å². The van der Waals surface area contributed by atoms with Crippen LogP contribution in [0.15, 0.2) is 73.1 Å². The molecule has 0 spiro atoms. The number of H-pyrrole nitrogens is 1. The average Bonchev–Trinajstić information content (AvgIpc) is 3.12. The summed E-state index contributed by atoms with van der Waals surface area (Å²) < 4.78 is 0. The molecule has 4 rings (SSSR count). The van der Waals surface area contributed by atoms with E-state index in [2.05, 4.69) is 20.5 Å². The first-order chi connectivity index (χ1) is 11.8. The van der Waals surface area contributed by atoms with E-state index in [4.69, 9.17) is 0 Å². The Hall–Kier alpha value is -3.47. The van der Waals surface area contributed by atoms with Crippen LogP contribution in [0.3, 0.4) is 0 Å². The Labute approximate surface area is 138 Å². The Morgan fingerprint density at radius 1 is 0.958 bits per heavy atom. The molecule has 116 valence electrons. The minimum Gasteiger partial charge on any atom is -0.320 e. The van der Waals surface area contributed by atoms with E-state index in [9.17, 15) is 4.79 Å². The summed E-state index contributed by atoms with van der Waals surface area (Å²) in [6.07, 6.45) is 3.19. The Morgan fingerprint density at radius 2 is 1.75 bits per heavy atom. The summed E-state index contributed by atoms with van der Waals surface area (Å²) in [7, 11) is 0. The quantitative estimate of drug-likeness (QED) is 0.603. The van der Waals surface area contributed by atoms with Crippen LogP contribution in [0.1, 0.15) is 10.4 Å². The number of carbonyl (C=O) groups excluding carboxylic acids is 1. The van der Waals surface area contributed by atoms with Crippen molar-refractivity contribution in [3.63, 3.8) is 0 Å². The summed E-state index contributed by atoms with van der Waals surface area (Å²) in [5, 5.41) is 10.8. The summed E-state index contributed by atoms with van der Waals surface area (Å²) in [5.74, 6) is -0.223. The van der Waals surface area contributed by atoms with Gasteiger partial charge in [0.15, 0.2) is 0 Å². The van der Waals surface area contributed by atoms with Gasteiger partial charge in [0, 0.05) is 10.9 Å². The maximum atomic E-state index is 12.6. The molecule has 2 aromatic carbocycles. The van der Waals surface area contributed by atoms with Crippen LogP contribution in [0.2, 0.25) is 0 Å². The molecular weight excluding hydrogens is 300 g/mol. The number of pyridine rings is 1. The van der Waals surface area contributed by atoms with Crippen molar-refractivity contribution in [2.24, 2.45) is 0 Å². The van der Waals surface area contributed by atoms with Gasteiger partial charge in [-0.1, -0.05) is 48.5 Å². The van der Waals surface area contributed by atoms with Crippen LogP contribution < -0.4 is 5.32 Å². The van der Waals surface area contributed by atoms with Crippen LogP contribution in [0, 0.1) is 0 Å². The Balaban J connectivity index is 1.64. The molecule has 0 saturated carbocycles. The number of nitrogens with zero attached hydrogens (tertiary/aromatic N) is 2. The number of aromatic amines is 1. The zero-order valence-electron chi connectivity index (χ0n) is 12.7. The molecule has 24 heavy (non-hydrogen) atoms. The molecule has 1 amide bonds. The number of amides is 1. The fourth-order valence-electron chi connectivity index (χ4n) is 2.62. The minimum absolute atomic E-state index is 0.223. The number of fused-ring (bicyclic) bond motifs is 1. The molecule has 5 nitrogen and oxygen atoms in total. The van der Waals surface area contributed by atoms with E-state index in [0.717, 1.165) is 16.5 Å². The standard InChI is InChI=1S/C19H14N4O/c24-19(16-12-21-23-18(16)13-6-2-1-3-7-13)22-15-10-14-8-4-5-9-17(14)20-11-15/h1-12H,(H,21,23)(H,22,24). The molecule has 0 aliphatic carbocycles. The first-order valence-electron chi connectivity index (χ1n) is 7.56.